The standard InChI is InChI=1S/C18H20O5/c1-2-21-18(20)17(19)16(13-8-9-13)14-11-22-15(23-14)10-12-6-4-3-5-7-12/h3-7,11,13,15-16H,2,8-10H2,1H3. The Morgan fingerprint density at radius 2 is 2.00 bits per heavy atom. The predicted octanol–water partition coefficient (Wildman–Crippen LogP) is 2.60. The number of ether oxygens (including phenoxy) is 3. The molecule has 0 N–H and O–H groups in total. The molecule has 1 saturated carbocycles. The van der Waals surface area contributed by atoms with Gasteiger partial charge in [0.2, 0.25) is 6.29 Å². The van der Waals surface area contributed by atoms with E-state index in [2.05, 4.69) is 0 Å². The summed E-state index contributed by atoms with van der Waals surface area (Å²) in [4.78, 5) is 24.1. The molecule has 3 rings (SSSR count). The molecule has 0 spiro atoms. The van der Waals surface area contributed by atoms with E-state index < -0.39 is 24.0 Å². The van der Waals surface area contributed by atoms with E-state index in [4.69, 9.17) is 14.2 Å². The zero-order valence-electron chi connectivity index (χ0n) is 13.1. The van der Waals surface area contributed by atoms with Gasteiger partial charge < -0.3 is 14.2 Å². The molecule has 0 aromatic heterocycles. The summed E-state index contributed by atoms with van der Waals surface area (Å²) < 4.78 is 16.2. The van der Waals surface area contributed by atoms with E-state index in [0.717, 1.165) is 18.4 Å². The third kappa shape index (κ3) is 3.73. The minimum absolute atomic E-state index is 0.150. The van der Waals surface area contributed by atoms with Crippen LogP contribution in [0.3, 0.4) is 0 Å². The molecule has 2 aliphatic rings. The number of esters is 1. The lowest BCUT2D eigenvalue weighted by atomic mass is 9.96. The lowest BCUT2D eigenvalue weighted by molar-refractivity contribution is -0.156. The molecule has 2 unspecified atom stereocenters. The smallest absolute Gasteiger partial charge is 0.375 e. The molecule has 1 heterocycles. The fraction of sp³-hybridized carbons (Fsp3) is 0.444. The second kappa shape index (κ2) is 6.86. The molecule has 1 aromatic rings. The van der Waals surface area contributed by atoms with E-state index >= 15 is 0 Å². The van der Waals surface area contributed by atoms with Gasteiger partial charge in [0, 0.05) is 6.42 Å². The van der Waals surface area contributed by atoms with Gasteiger partial charge >= 0.3 is 5.97 Å². The van der Waals surface area contributed by atoms with Gasteiger partial charge in [-0.15, -0.1) is 0 Å². The number of ketones is 1. The van der Waals surface area contributed by atoms with Crippen molar-refractivity contribution in [1.29, 1.82) is 0 Å². The quantitative estimate of drug-likeness (QED) is 0.571. The van der Waals surface area contributed by atoms with Crippen LogP contribution in [0.15, 0.2) is 42.4 Å². The summed E-state index contributed by atoms with van der Waals surface area (Å²) in [6, 6.07) is 9.84. The highest BCUT2D eigenvalue weighted by molar-refractivity contribution is 6.35. The first-order valence-electron chi connectivity index (χ1n) is 7.96. The lowest BCUT2D eigenvalue weighted by Gasteiger charge is -2.17. The average Bonchev–Trinajstić information content (AvgIpc) is 3.28. The number of hydrogen-bond acceptors (Lipinski definition) is 5. The molecule has 0 radical (unpaired) electrons. The van der Waals surface area contributed by atoms with Crippen LogP contribution in [0.5, 0.6) is 0 Å². The number of allylic oxidation sites excluding steroid dienone is 1. The van der Waals surface area contributed by atoms with Crippen LogP contribution in [-0.4, -0.2) is 24.6 Å². The maximum atomic E-state index is 12.3. The van der Waals surface area contributed by atoms with Crippen molar-refractivity contribution in [3.8, 4) is 0 Å². The average molecular weight is 316 g/mol. The van der Waals surface area contributed by atoms with Gasteiger partial charge in [0.15, 0.2) is 0 Å². The van der Waals surface area contributed by atoms with Crippen LogP contribution in [0, 0.1) is 11.8 Å². The Balaban J connectivity index is 1.63. The highest BCUT2D eigenvalue weighted by Crippen LogP contribution is 2.43. The van der Waals surface area contributed by atoms with Gasteiger partial charge in [-0.25, -0.2) is 4.79 Å². The van der Waals surface area contributed by atoms with Crippen molar-refractivity contribution in [3.05, 3.63) is 47.9 Å². The van der Waals surface area contributed by atoms with Crippen molar-refractivity contribution in [2.45, 2.75) is 32.5 Å². The van der Waals surface area contributed by atoms with Gasteiger partial charge in [-0.2, -0.15) is 0 Å². The zero-order chi connectivity index (χ0) is 16.2. The highest BCUT2D eigenvalue weighted by atomic mass is 16.7. The van der Waals surface area contributed by atoms with Crippen molar-refractivity contribution in [1.82, 2.24) is 0 Å². The van der Waals surface area contributed by atoms with E-state index in [0.29, 0.717) is 12.2 Å². The molecule has 1 aliphatic heterocycles. The molecule has 5 heteroatoms. The normalized spacial score (nSPS) is 20.9. The monoisotopic (exact) mass is 316 g/mol. The van der Waals surface area contributed by atoms with E-state index in [1.165, 1.54) is 6.26 Å². The van der Waals surface area contributed by atoms with Gasteiger partial charge in [0.05, 0.1) is 12.5 Å². The van der Waals surface area contributed by atoms with Crippen molar-refractivity contribution < 1.29 is 23.8 Å². The topological polar surface area (TPSA) is 61.8 Å². The first-order chi connectivity index (χ1) is 11.2. The van der Waals surface area contributed by atoms with Crippen LogP contribution in [-0.2, 0) is 30.2 Å². The van der Waals surface area contributed by atoms with Crippen LogP contribution < -0.4 is 0 Å². The molecule has 5 nitrogen and oxygen atoms in total. The molecular weight excluding hydrogens is 296 g/mol. The predicted molar refractivity (Wildman–Crippen MR) is 82.0 cm³/mol. The maximum Gasteiger partial charge on any atom is 0.375 e. The summed E-state index contributed by atoms with van der Waals surface area (Å²) in [5.41, 5.74) is 1.09. The molecule has 122 valence electrons. The Morgan fingerprint density at radius 3 is 2.65 bits per heavy atom. The number of carbonyl (C=O) groups is 2. The summed E-state index contributed by atoms with van der Waals surface area (Å²) in [5, 5.41) is 0. The molecule has 23 heavy (non-hydrogen) atoms. The summed E-state index contributed by atoms with van der Waals surface area (Å²) in [6.45, 7) is 1.87. The molecule has 0 saturated heterocycles. The minimum Gasteiger partial charge on any atom is -0.460 e. The Labute approximate surface area is 135 Å². The largest absolute Gasteiger partial charge is 0.460 e. The SMILES string of the molecule is CCOC(=O)C(=O)C(C1=COC(Cc2ccccc2)O1)C1CC1. The van der Waals surface area contributed by atoms with E-state index in [1.54, 1.807) is 6.92 Å². The molecule has 1 fully saturated rings. The lowest BCUT2D eigenvalue weighted by Crippen LogP contribution is -2.29. The van der Waals surface area contributed by atoms with Gasteiger partial charge in [-0.3, -0.25) is 4.79 Å². The van der Waals surface area contributed by atoms with Crippen molar-refractivity contribution >= 4 is 11.8 Å². The van der Waals surface area contributed by atoms with Crippen LogP contribution in [0.25, 0.3) is 0 Å². The molecule has 2 atom stereocenters. The maximum absolute atomic E-state index is 12.3. The van der Waals surface area contributed by atoms with Crippen molar-refractivity contribution in [3.63, 3.8) is 0 Å². The fourth-order valence-corrected chi connectivity index (χ4v) is 2.73. The second-order valence-electron chi connectivity index (χ2n) is 5.79. The van der Waals surface area contributed by atoms with Crippen molar-refractivity contribution in [2.24, 2.45) is 11.8 Å². The Bertz CT molecular complexity index is 603. The van der Waals surface area contributed by atoms with Crippen LogP contribution in [0.1, 0.15) is 25.3 Å². The number of benzene rings is 1. The van der Waals surface area contributed by atoms with Gasteiger partial charge in [0.1, 0.15) is 12.0 Å². The van der Waals surface area contributed by atoms with E-state index in [-0.39, 0.29) is 12.5 Å². The third-order valence-electron chi connectivity index (χ3n) is 4.01. The van der Waals surface area contributed by atoms with Crippen LogP contribution >= 0.6 is 0 Å². The number of Topliss-reactive ketones (excluding diaryl/α,β-unsaturated/α-hetero) is 1. The first kappa shape index (κ1) is 15.6. The molecule has 0 bridgehead atoms. The molecule has 1 aliphatic carbocycles. The zero-order valence-corrected chi connectivity index (χ0v) is 13.1. The summed E-state index contributed by atoms with van der Waals surface area (Å²) in [5.74, 6) is -1.30. The number of carbonyl (C=O) groups excluding carboxylic acids is 2. The first-order valence-corrected chi connectivity index (χ1v) is 7.96. The van der Waals surface area contributed by atoms with Crippen LogP contribution in [0.4, 0.5) is 0 Å². The number of hydrogen-bond donors (Lipinski definition) is 0. The van der Waals surface area contributed by atoms with Gasteiger partial charge in [0.25, 0.3) is 5.78 Å². The van der Waals surface area contributed by atoms with E-state index in [1.807, 2.05) is 30.3 Å². The molecule has 0 amide bonds. The summed E-state index contributed by atoms with van der Waals surface area (Å²) in [7, 11) is 0. The molecular formula is C18H20O5. The fourth-order valence-electron chi connectivity index (χ4n) is 2.73. The summed E-state index contributed by atoms with van der Waals surface area (Å²) >= 11 is 0. The van der Waals surface area contributed by atoms with Crippen molar-refractivity contribution in [2.75, 3.05) is 6.61 Å². The Hall–Kier alpha value is -2.30. The van der Waals surface area contributed by atoms with Gasteiger partial charge in [-0.05, 0) is 31.2 Å². The Kier molecular flexibility index (Phi) is 4.65. The molecule has 1 aromatic carbocycles. The van der Waals surface area contributed by atoms with E-state index in [9.17, 15) is 9.59 Å². The number of rotatable bonds is 7. The minimum atomic E-state index is -0.791. The summed E-state index contributed by atoms with van der Waals surface area (Å²) in [6.07, 6.45) is 3.45. The highest BCUT2D eigenvalue weighted by Gasteiger charge is 2.45. The second-order valence-corrected chi connectivity index (χ2v) is 5.79. The van der Waals surface area contributed by atoms with Crippen LogP contribution in [0.2, 0.25) is 0 Å². The third-order valence-corrected chi connectivity index (χ3v) is 4.01. The Morgan fingerprint density at radius 1 is 1.26 bits per heavy atom. The van der Waals surface area contributed by atoms with Gasteiger partial charge in [-0.1, -0.05) is 30.3 Å².